The third kappa shape index (κ3) is 5.20. The molecule has 3 nitrogen and oxygen atoms in total. The predicted molar refractivity (Wildman–Crippen MR) is 231 cm³/mol. The van der Waals surface area contributed by atoms with Crippen LogP contribution in [-0.4, -0.2) is 4.57 Å². The highest BCUT2D eigenvalue weighted by atomic mass is 16.3. The van der Waals surface area contributed by atoms with Crippen LogP contribution in [-0.2, 0) is 0 Å². The SMILES string of the molecule is c1ccc(-c2ccc(N(c3ccc(-c4ccc5c(c4)c4ccccc4n5-c4ccccc4)cc3)c3ccc4c(ccc5c6ccccc6oc45)c3)cc2)cc1. The molecular formula is C52H34N2O. The summed E-state index contributed by atoms with van der Waals surface area (Å²) in [7, 11) is 0. The molecule has 2 heterocycles. The van der Waals surface area contributed by atoms with Gasteiger partial charge in [-0.3, -0.25) is 0 Å². The Morgan fingerprint density at radius 1 is 0.345 bits per heavy atom. The summed E-state index contributed by atoms with van der Waals surface area (Å²) in [6.45, 7) is 0. The largest absolute Gasteiger partial charge is 0.455 e. The number of nitrogens with zero attached hydrogens (tertiary/aromatic N) is 2. The van der Waals surface area contributed by atoms with Gasteiger partial charge < -0.3 is 13.9 Å². The first-order valence-electron chi connectivity index (χ1n) is 18.8. The van der Waals surface area contributed by atoms with Crippen LogP contribution in [0.25, 0.3) is 82.5 Å². The maximum Gasteiger partial charge on any atom is 0.143 e. The van der Waals surface area contributed by atoms with E-state index in [9.17, 15) is 0 Å². The smallest absolute Gasteiger partial charge is 0.143 e. The second-order valence-corrected chi connectivity index (χ2v) is 14.2. The number of hydrogen-bond acceptors (Lipinski definition) is 2. The predicted octanol–water partition coefficient (Wildman–Crippen LogP) is 14.6. The molecule has 0 unspecified atom stereocenters. The molecule has 0 bridgehead atoms. The van der Waals surface area contributed by atoms with Gasteiger partial charge in [0.1, 0.15) is 11.2 Å². The van der Waals surface area contributed by atoms with E-state index in [2.05, 4.69) is 204 Å². The monoisotopic (exact) mass is 702 g/mol. The fraction of sp³-hybridized carbons (Fsp3) is 0. The normalized spacial score (nSPS) is 11.6. The number of furan rings is 1. The van der Waals surface area contributed by atoms with E-state index in [-0.39, 0.29) is 0 Å². The van der Waals surface area contributed by atoms with Crippen molar-refractivity contribution in [2.24, 2.45) is 0 Å². The molecule has 0 saturated heterocycles. The highest BCUT2D eigenvalue weighted by molar-refractivity contribution is 6.15. The van der Waals surface area contributed by atoms with Crippen molar-refractivity contribution in [1.29, 1.82) is 0 Å². The number of fused-ring (bicyclic) bond motifs is 8. The Balaban J connectivity index is 1.01. The number of para-hydroxylation sites is 3. The lowest BCUT2D eigenvalue weighted by molar-refractivity contribution is 0.672. The van der Waals surface area contributed by atoms with E-state index in [1.807, 2.05) is 12.1 Å². The maximum absolute atomic E-state index is 6.41. The van der Waals surface area contributed by atoms with Crippen LogP contribution < -0.4 is 4.90 Å². The molecule has 258 valence electrons. The molecule has 0 aliphatic heterocycles. The van der Waals surface area contributed by atoms with Crippen molar-refractivity contribution < 1.29 is 4.42 Å². The fourth-order valence-corrected chi connectivity index (χ4v) is 8.33. The summed E-state index contributed by atoms with van der Waals surface area (Å²) >= 11 is 0. The van der Waals surface area contributed by atoms with Gasteiger partial charge in [0.05, 0.1) is 11.0 Å². The molecule has 0 aliphatic rings. The van der Waals surface area contributed by atoms with E-state index in [0.717, 1.165) is 49.8 Å². The van der Waals surface area contributed by atoms with Crippen molar-refractivity contribution in [3.63, 3.8) is 0 Å². The first-order valence-corrected chi connectivity index (χ1v) is 18.8. The Labute approximate surface area is 318 Å². The zero-order valence-corrected chi connectivity index (χ0v) is 29.9. The third-order valence-corrected chi connectivity index (χ3v) is 11.0. The summed E-state index contributed by atoms with van der Waals surface area (Å²) in [5, 5.41) is 7.02. The highest BCUT2D eigenvalue weighted by Gasteiger charge is 2.17. The second-order valence-electron chi connectivity index (χ2n) is 14.2. The van der Waals surface area contributed by atoms with Gasteiger partial charge >= 0.3 is 0 Å². The number of hydrogen-bond donors (Lipinski definition) is 0. The number of benzene rings is 9. The average Bonchev–Trinajstić information content (AvgIpc) is 3.81. The van der Waals surface area contributed by atoms with Crippen molar-refractivity contribution in [1.82, 2.24) is 4.57 Å². The molecule has 3 heteroatoms. The quantitative estimate of drug-likeness (QED) is 0.172. The van der Waals surface area contributed by atoms with E-state index in [0.29, 0.717) is 0 Å². The van der Waals surface area contributed by atoms with Crippen molar-refractivity contribution in [2.45, 2.75) is 0 Å². The molecule has 0 atom stereocenters. The minimum absolute atomic E-state index is 0.912. The first kappa shape index (κ1) is 31.2. The van der Waals surface area contributed by atoms with Gasteiger partial charge in [-0.1, -0.05) is 121 Å². The lowest BCUT2D eigenvalue weighted by atomic mass is 10.0. The summed E-state index contributed by atoms with van der Waals surface area (Å²) < 4.78 is 8.77. The molecule has 11 aromatic rings. The topological polar surface area (TPSA) is 21.3 Å². The molecule has 2 aromatic heterocycles. The summed E-state index contributed by atoms with van der Waals surface area (Å²) in [4.78, 5) is 2.34. The van der Waals surface area contributed by atoms with Crippen LogP contribution in [0.15, 0.2) is 211 Å². The van der Waals surface area contributed by atoms with Crippen molar-refractivity contribution in [3.05, 3.63) is 206 Å². The minimum atomic E-state index is 0.912. The van der Waals surface area contributed by atoms with Gasteiger partial charge in [0.15, 0.2) is 0 Å². The molecule has 0 amide bonds. The molecule has 0 fully saturated rings. The van der Waals surface area contributed by atoms with Crippen LogP contribution in [0, 0.1) is 0 Å². The molecule has 0 saturated carbocycles. The lowest BCUT2D eigenvalue weighted by Crippen LogP contribution is -2.09. The molecule has 0 aliphatic carbocycles. The molecular weight excluding hydrogens is 669 g/mol. The Hall–Kier alpha value is -7.36. The van der Waals surface area contributed by atoms with E-state index in [4.69, 9.17) is 4.42 Å². The van der Waals surface area contributed by atoms with E-state index in [1.54, 1.807) is 0 Å². The third-order valence-electron chi connectivity index (χ3n) is 11.0. The average molecular weight is 703 g/mol. The van der Waals surface area contributed by atoms with Gasteiger partial charge in [-0.25, -0.2) is 0 Å². The van der Waals surface area contributed by atoms with Crippen LogP contribution in [0.4, 0.5) is 17.1 Å². The number of rotatable bonds is 6. The van der Waals surface area contributed by atoms with Crippen LogP contribution in [0.3, 0.4) is 0 Å². The number of aromatic nitrogens is 1. The van der Waals surface area contributed by atoms with Crippen LogP contribution in [0.5, 0.6) is 0 Å². The van der Waals surface area contributed by atoms with E-state index < -0.39 is 0 Å². The zero-order chi connectivity index (χ0) is 36.3. The van der Waals surface area contributed by atoms with Crippen molar-refractivity contribution in [3.8, 4) is 27.9 Å². The molecule has 11 rings (SSSR count). The molecule has 0 spiro atoms. The Bertz CT molecular complexity index is 3180. The van der Waals surface area contributed by atoms with Gasteiger partial charge in [-0.15, -0.1) is 0 Å². The van der Waals surface area contributed by atoms with Crippen LogP contribution in [0.1, 0.15) is 0 Å². The van der Waals surface area contributed by atoms with Crippen molar-refractivity contribution >= 4 is 71.6 Å². The fourth-order valence-electron chi connectivity index (χ4n) is 8.33. The number of anilines is 3. The van der Waals surface area contributed by atoms with Crippen molar-refractivity contribution in [2.75, 3.05) is 4.90 Å². The first-order chi connectivity index (χ1) is 27.3. The molecule has 0 radical (unpaired) electrons. The van der Waals surface area contributed by atoms with Crippen LogP contribution >= 0.6 is 0 Å². The van der Waals surface area contributed by atoms with E-state index >= 15 is 0 Å². The summed E-state index contributed by atoms with van der Waals surface area (Å²) in [6, 6.07) is 73.9. The Kier molecular flexibility index (Phi) is 7.17. The summed E-state index contributed by atoms with van der Waals surface area (Å²) in [6.07, 6.45) is 0. The standard InChI is InChI=1S/C52H34N2O/c1-3-11-35(12-4-1)36-19-25-41(26-20-36)53(43-29-31-44-39(33-43)23-30-47-46-16-8-10-18-51(46)55-52(44)47)42-27-21-37(22-28-42)38-24-32-50-48(34-38)45-15-7-9-17-49(45)54(50)40-13-5-2-6-14-40/h1-34H. The van der Waals surface area contributed by atoms with Crippen LogP contribution in [0.2, 0.25) is 0 Å². The summed E-state index contributed by atoms with van der Waals surface area (Å²) in [5.74, 6) is 0. The van der Waals surface area contributed by atoms with E-state index in [1.165, 1.54) is 49.7 Å². The Morgan fingerprint density at radius 2 is 0.909 bits per heavy atom. The van der Waals surface area contributed by atoms with Gasteiger partial charge in [0, 0.05) is 49.7 Å². The van der Waals surface area contributed by atoms with Gasteiger partial charge in [-0.05, 0) is 113 Å². The lowest BCUT2D eigenvalue weighted by Gasteiger charge is -2.26. The Morgan fingerprint density at radius 3 is 1.67 bits per heavy atom. The van der Waals surface area contributed by atoms with Gasteiger partial charge in [-0.2, -0.15) is 0 Å². The minimum Gasteiger partial charge on any atom is -0.455 e. The molecule has 9 aromatic carbocycles. The van der Waals surface area contributed by atoms with Gasteiger partial charge in [0.25, 0.3) is 0 Å². The second kappa shape index (κ2) is 12.6. The molecule has 55 heavy (non-hydrogen) atoms. The highest BCUT2D eigenvalue weighted by Crippen LogP contribution is 2.41. The van der Waals surface area contributed by atoms with Gasteiger partial charge in [0.2, 0.25) is 0 Å². The maximum atomic E-state index is 6.41. The summed E-state index contributed by atoms with van der Waals surface area (Å²) in [5.41, 5.74) is 13.4. The molecule has 0 N–H and O–H groups in total. The zero-order valence-electron chi connectivity index (χ0n) is 29.9.